The highest BCUT2D eigenvalue weighted by Crippen LogP contribution is 2.34. The predicted molar refractivity (Wildman–Crippen MR) is 142 cm³/mol. The van der Waals surface area contributed by atoms with Gasteiger partial charge in [0.25, 0.3) is 0 Å². The Kier molecular flexibility index (Phi) is 9.61. The van der Waals surface area contributed by atoms with Crippen LogP contribution in [0.3, 0.4) is 0 Å². The molecule has 3 rings (SSSR count). The minimum atomic E-state index is -3.61. The number of benzene rings is 2. The molecular formula is C25H32BrN3O6S. The molecule has 1 atom stereocenters. The standard InChI is InChI=1S/C25H32BrN3O6S/c1-4-27-25(31)18(2)28(17-19-7-9-20(26)10-8-19)24(30)6-5-13-29(36(3,32)33)21-11-12-22-23(16-21)35-15-14-34-22/h7-12,16,18H,4-6,13-15,17H2,1-3H3,(H,27,31)/t18-/m0/s1. The Morgan fingerprint density at radius 1 is 1.08 bits per heavy atom. The highest BCUT2D eigenvalue weighted by atomic mass is 79.9. The Hall–Kier alpha value is -2.79. The van der Waals surface area contributed by atoms with Crippen molar-refractivity contribution in [1.29, 1.82) is 0 Å². The van der Waals surface area contributed by atoms with E-state index in [9.17, 15) is 18.0 Å². The fourth-order valence-corrected chi connectivity index (χ4v) is 5.10. The summed E-state index contributed by atoms with van der Waals surface area (Å²) in [5.41, 5.74) is 1.33. The van der Waals surface area contributed by atoms with Gasteiger partial charge in [-0.2, -0.15) is 0 Å². The van der Waals surface area contributed by atoms with Gasteiger partial charge >= 0.3 is 0 Å². The molecule has 0 saturated carbocycles. The smallest absolute Gasteiger partial charge is 0.242 e. The van der Waals surface area contributed by atoms with Gasteiger partial charge in [0, 0.05) is 36.6 Å². The molecule has 9 nitrogen and oxygen atoms in total. The molecule has 1 aliphatic heterocycles. The van der Waals surface area contributed by atoms with Gasteiger partial charge in [-0.15, -0.1) is 0 Å². The van der Waals surface area contributed by atoms with E-state index in [1.807, 2.05) is 31.2 Å². The summed E-state index contributed by atoms with van der Waals surface area (Å²) in [4.78, 5) is 27.3. The zero-order valence-electron chi connectivity index (χ0n) is 20.7. The minimum Gasteiger partial charge on any atom is -0.486 e. The molecule has 0 spiro atoms. The van der Waals surface area contributed by atoms with Gasteiger partial charge in [-0.3, -0.25) is 13.9 Å². The number of carbonyl (C=O) groups excluding carboxylic acids is 2. The first-order valence-corrected chi connectivity index (χ1v) is 14.4. The van der Waals surface area contributed by atoms with E-state index in [2.05, 4.69) is 21.2 Å². The number of nitrogens with one attached hydrogen (secondary N) is 1. The van der Waals surface area contributed by atoms with Crippen molar-refractivity contribution in [3.05, 3.63) is 52.5 Å². The van der Waals surface area contributed by atoms with Gasteiger partial charge < -0.3 is 19.7 Å². The molecule has 36 heavy (non-hydrogen) atoms. The molecular weight excluding hydrogens is 550 g/mol. The summed E-state index contributed by atoms with van der Waals surface area (Å²) in [6, 6.07) is 11.8. The maximum atomic E-state index is 13.3. The number of sulfonamides is 1. The molecule has 1 N–H and O–H groups in total. The number of rotatable bonds is 11. The van der Waals surface area contributed by atoms with Crippen molar-refractivity contribution < 1.29 is 27.5 Å². The van der Waals surface area contributed by atoms with Crippen LogP contribution in [-0.2, 0) is 26.2 Å². The normalized spacial score (nSPS) is 13.6. The molecule has 0 fully saturated rings. The van der Waals surface area contributed by atoms with Gasteiger partial charge in [0.05, 0.1) is 11.9 Å². The molecule has 2 aromatic carbocycles. The Bertz CT molecular complexity index is 1170. The highest BCUT2D eigenvalue weighted by Gasteiger charge is 2.27. The van der Waals surface area contributed by atoms with Crippen LogP contribution in [0.1, 0.15) is 32.3 Å². The molecule has 1 aliphatic rings. The summed E-state index contributed by atoms with van der Waals surface area (Å²) in [7, 11) is -3.61. The topological polar surface area (TPSA) is 105 Å². The second-order valence-electron chi connectivity index (χ2n) is 8.49. The Morgan fingerprint density at radius 3 is 2.39 bits per heavy atom. The van der Waals surface area contributed by atoms with Crippen molar-refractivity contribution in [2.24, 2.45) is 0 Å². The quantitative estimate of drug-likeness (QED) is 0.436. The number of halogens is 1. The van der Waals surface area contributed by atoms with Crippen LogP contribution < -0.4 is 19.1 Å². The Balaban J connectivity index is 1.72. The molecule has 0 aromatic heterocycles. The van der Waals surface area contributed by atoms with Crippen LogP contribution in [-0.4, -0.2) is 63.7 Å². The van der Waals surface area contributed by atoms with E-state index in [4.69, 9.17) is 9.47 Å². The van der Waals surface area contributed by atoms with Gasteiger partial charge in [0.2, 0.25) is 21.8 Å². The van der Waals surface area contributed by atoms with Gasteiger partial charge in [-0.25, -0.2) is 8.42 Å². The van der Waals surface area contributed by atoms with Gasteiger partial charge in [-0.05, 0) is 50.1 Å². The lowest BCUT2D eigenvalue weighted by Gasteiger charge is -2.29. The first-order valence-electron chi connectivity index (χ1n) is 11.8. The van der Waals surface area contributed by atoms with Crippen LogP contribution in [0.5, 0.6) is 11.5 Å². The third kappa shape index (κ3) is 7.36. The van der Waals surface area contributed by atoms with Crippen molar-refractivity contribution >= 4 is 43.5 Å². The van der Waals surface area contributed by atoms with Crippen molar-refractivity contribution in [1.82, 2.24) is 10.2 Å². The number of anilines is 1. The van der Waals surface area contributed by atoms with Crippen molar-refractivity contribution in [2.75, 3.05) is 36.9 Å². The van der Waals surface area contributed by atoms with Gasteiger partial charge in [-0.1, -0.05) is 28.1 Å². The van der Waals surface area contributed by atoms with E-state index in [1.54, 1.807) is 25.1 Å². The molecule has 0 radical (unpaired) electrons. The Morgan fingerprint density at radius 2 is 1.75 bits per heavy atom. The predicted octanol–water partition coefficient (Wildman–Crippen LogP) is 3.32. The van der Waals surface area contributed by atoms with Crippen LogP contribution in [0.15, 0.2) is 46.9 Å². The summed E-state index contributed by atoms with van der Waals surface area (Å²) in [5, 5.41) is 2.77. The average molecular weight is 583 g/mol. The number of hydrogen-bond donors (Lipinski definition) is 1. The fraction of sp³-hybridized carbons (Fsp3) is 0.440. The van der Waals surface area contributed by atoms with E-state index in [1.165, 1.54) is 9.21 Å². The molecule has 2 amide bonds. The van der Waals surface area contributed by atoms with Gasteiger partial charge in [0.15, 0.2) is 11.5 Å². The first kappa shape index (κ1) is 27.8. The van der Waals surface area contributed by atoms with E-state index in [-0.39, 0.29) is 37.7 Å². The van der Waals surface area contributed by atoms with Crippen molar-refractivity contribution in [3.63, 3.8) is 0 Å². The van der Waals surface area contributed by atoms with E-state index < -0.39 is 16.1 Å². The highest BCUT2D eigenvalue weighted by molar-refractivity contribution is 9.10. The minimum absolute atomic E-state index is 0.0802. The van der Waals surface area contributed by atoms with Gasteiger partial charge in [0.1, 0.15) is 19.3 Å². The second-order valence-corrected chi connectivity index (χ2v) is 11.3. The number of likely N-dealkylation sites (N-methyl/N-ethyl adjacent to an activating group) is 1. The van der Waals surface area contributed by atoms with E-state index in [0.717, 1.165) is 16.3 Å². The molecule has 0 saturated heterocycles. The monoisotopic (exact) mass is 581 g/mol. The maximum absolute atomic E-state index is 13.3. The number of carbonyl (C=O) groups is 2. The molecule has 196 valence electrons. The number of hydrogen-bond acceptors (Lipinski definition) is 6. The van der Waals surface area contributed by atoms with Crippen molar-refractivity contribution in [2.45, 2.75) is 39.3 Å². The first-order chi connectivity index (χ1) is 17.1. The largest absolute Gasteiger partial charge is 0.486 e. The summed E-state index contributed by atoms with van der Waals surface area (Å²) < 4.78 is 38.4. The van der Waals surface area contributed by atoms with Crippen LogP contribution in [0.4, 0.5) is 5.69 Å². The molecule has 11 heteroatoms. The summed E-state index contributed by atoms with van der Waals surface area (Å²) in [6.07, 6.45) is 1.48. The van der Waals surface area contributed by atoms with Crippen LogP contribution in [0.25, 0.3) is 0 Å². The summed E-state index contributed by atoms with van der Waals surface area (Å²) in [5.74, 6) is 0.584. The molecule has 0 bridgehead atoms. The molecule has 1 heterocycles. The number of amides is 2. The lowest BCUT2D eigenvalue weighted by Crippen LogP contribution is -2.47. The number of nitrogens with zero attached hydrogens (tertiary/aromatic N) is 2. The number of ether oxygens (including phenoxy) is 2. The SMILES string of the molecule is CCNC(=O)[C@H](C)N(Cc1ccc(Br)cc1)C(=O)CCCN(c1ccc2c(c1)OCCO2)S(C)(=O)=O. The third-order valence-electron chi connectivity index (χ3n) is 5.75. The van der Waals surface area contributed by atoms with E-state index in [0.29, 0.717) is 36.9 Å². The lowest BCUT2D eigenvalue weighted by atomic mass is 10.1. The van der Waals surface area contributed by atoms with Crippen LogP contribution >= 0.6 is 15.9 Å². The third-order valence-corrected chi connectivity index (χ3v) is 7.47. The zero-order chi connectivity index (χ0) is 26.3. The average Bonchev–Trinajstić information content (AvgIpc) is 2.85. The molecule has 0 unspecified atom stereocenters. The van der Waals surface area contributed by atoms with Crippen molar-refractivity contribution in [3.8, 4) is 11.5 Å². The summed E-state index contributed by atoms with van der Waals surface area (Å²) >= 11 is 3.40. The lowest BCUT2D eigenvalue weighted by molar-refractivity contribution is -0.140. The number of fused-ring (bicyclic) bond motifs is 1. The maximum Gasteiger partial charge on any atom is 0.242 e. The molecule has 2 aromatic rings. The summed E-state index contributed by atoms with van der Waals surface area (Å²) in [6.45, 7) is 5.18. The van der Waals surface area contributed by atoms with Crippen LogP contribution in [0, 0.1) is 0 Å². The Labute approximate surface area is 220 Å². The van der Waals surface area contributed by atoms with E-state index >= 15 is 0 Å². The second kappa shape index (κ2) is 12.4. The van der Waals surface area contributed by atoms with Crippen LogP contribution in [0.2, 0.25) is 0 Å². The molecule has 0 aliphatic carbocycles. The fourth-order valence-electron chi connectivity index (χ4n) is 3.88. The zero-order valence-corrected chi connectivity index (χ0v) is 23.1.